The van der Waals surface area contributed by atoms with E-state index in [0.29, 0.717) is 12.3 Å². The van der Waals surface area contributed by atoms with Crippen LogP contribution in [0.1, 0.15) is 93.1 Å². The zero-order valence-electron chi connectivity index (χ0n) is 20.8. The number of carbonyl (C=O) groups excluding carboxylic acids is 1. The van der Waals surface area contributed by atoms with Gasteiger partial charge in [0.2, 0.25) is 5.91 Å². The van der Waals surface area contributed by atoms with Crippen LogP contribution in [-0.4, -0.2) is 32.8 Å². The van der Waals surface area contributed by atoms with Gasteiger partial charge >= 0.3 is 5.97 Å². The molecule has 0 bridgehead atoms. The summed E-state index contributed by atoms with van der Waals surface area (Å²) in [5, 5.41) is 17.3. The van der Waals surface area contributed by atoms with Crippen LogP contribution in [0.2, 0.25) is 0 Å². The van der Waals surface area contributed by atoms with E-state index in [9.17, 15) is 14.7 Å². The number of aliphatic carboxylic acids is 1. The Morgan fingerprint density at radius 3 is 2.41 bits per heavy atom. The van der Waals surface area contributed by atoms with Crippen LogP contribution in [0.3, 0.4) is 0 Å². The fourth-order valence-electron chi connectivity index (χ4n) is 5.92. The molecule has 2 N–H and O–H groups in total. The maximum atomic E-state index is 12.8. The van der Waals surface area contributed by atoms with E-state index in [2.05, 4.69) is 69.4 Å². The molecule has 6 nitrogen and oxygen atoms in total. The van der Waals surface area contributed by atoms with Gasteiger partial charge in [-0.15, -0.1) is 0 Å². The van der Waals surface area contributed by atoms with Gasteiger partial charge in [-0.3, -0.25) is 9.59 Å². The maximum Gasteiger partial charge on any atom is 0.303 e. The Morgan fingerprint density at radius 2 is 1.79 bits per heavy atom. The van der Waals surface area contributed by atoms with Crippen LogP contribution >= 0.6 is 0 Å². The lowest BCUT2D eigenvalue weighted by Gasteiger charge is -2.27. The lowest BCUT2D eigenvalue weighted by atomic mass is 9.79. The first-order valence-corrected chi connectivity index (χ1v) is 12.5. The predicted octanol–water partition coefficient (Wildman–Crippen LogP) is 5.57. The number of aryl methyl sites for hydroxylation is 1. The highest BCUT2D eigenvalue weighted by molar-refractivity contribution is 5.78. The number of nitrogens with one attached hydrogen (secondary N) is 1. The molecule has 4 rings (SSSR count). The van der Waals surface area contributed by atoms with Gasteiger partial charge in [-0.1, -0.05) is 51.0 Å². The molecule has 2 aliphatic rings. The molecule has 0 spiro atoms. The van der Waals surface area contributed by atoms with Crippen LogP contribution in [0.25, 0.3) is 5.69 Å². The van der Waals surface area contributed by atoms with Crippen molar-refractivity contribution >= 4 is 11.9 Å². The topological polar surface area (TPSA) is 84.2 Å². The fourth-order valence-corrected chi connectivity index (χ4v) is 5.92. The smallest absolute Gasteiger partial charge is 0.303 e. The van der Waals surface area contributed by atoms with Crippen LogP contribution in [0.4, 0.5) is 0 Å². The lowest BCUT2D eigenvalue weighted by molar-refractivity contribution is -0.140. The monoisotopic (exact) mass is 463 g/mol. The summed E-state index contributed by atoms with van der Waals surface area (Å²) in [6.07, 6.45) is 9.11. The highest BCUT2D eigenvalue weighted by atomic mass is 16.4. The summed E-state index contributed by atoms with van der Waals surface area (Å²) < 4.78 is 2.02. The molecular formula is C28H37N3O3. The standard InChI is InChI=1S/C28H37N3O3/c1-18(2)21-8-11-24(12-9-21)31-20(4)27(19(3)30-31)22-7-10-23(15-22)29-25(32)16-28(17-26(33)34)13-5-6-14-28/h7-12,18,22-23H,5-6,13-17H2,1-4H3,(H,29,32)(H,33,34)/t22-,23-/m1/s1. The minimum Gasteiger partial charge on any atom is -0.481 e. The molecule has 0 aliphatic heterocycles. The number of hydrogen-bond donors (Lipinski definition) is 2. The van der Waals surface area contributed by atoms with E-state index >= 15 is 0 Å². The number of benzene rings is 1. The minimum absolute atomic E-state index is 0.0340. The van der Waals surface area contributed by atoms with Crippen LogP contribution in [-0.2, 0) is 9.59 Å². The zero-order valence-corrected chi connectivity index (χ0v) is 20.8. The first-order valence-electron chi connectivity index (χ1n) is 12.5. The highest BCUT2D eigenvalue weighted by Gasteiger charge is 2.38. The quantitative estimate of drug-likeness (QED) is 0.502. The molecule has 0 unspecified atom stereocenters. The zero-order chi connectivity index (χ0) is 24.5. The largest absolute Gasteiger partial charge is 0.481 e. The maximum absolute atomic E-state index is 12.8. The predicted molar refractivity (Wildman–Crippen MR) is 133 cm³/mol. The van der Waals surface area contributed by atoms with E-state index in [4.69, 9.17) is 5.10 Å². The second kappa shape index (κ2) is 9.77. The number of amides is 1. The number of carboxylic acid groups (broad SMARTS) is 1. The van der Waals surface area contributed by atoms with Gasteiger partial charge in [-0.2, -0.15) is 5.10 Å². The number of hydrogen-bond acceptors (Lipinski definition) is 3. The Kier molecular flexibility index (Phi) is 6.96. The Labute approximate surface area is 202 Å². The Hall–Kier alpha value is -2.89. The van der Waals surface area contributed by atoms with Crippen LogP contribution in [0.15, 0.2) is 36.4 Å². The van der Waals surface area contributed by atoms with Crippen molar-refractivity contribution in [2.75, 3.05) is 0 Å². The molecule has 0 saturated heterocycles. The Bertz CT molecular complexity index is 1080. The van der Waals surface area contributed by atoms with E-state index in [1.54, 1.807) is 0 Å². The second-order valence-corrected chi connectivity index (χ2v) is 10.6. The molecule has 6 heteroatoms. The summed E-state index contributed by atoms with van der Waals surface area (Å²) in [7, 11) is 0. The summed E-state index contributed by atoms with van der Waals surface area (Å²) >= 11 is 0. The van der Waals surface area contributed by atoms with Crippen LogP contribution < -0.4 is 5.32 Å². The average Bonchev–Trinajstić information content (AvgIpc) is 3.47. The molecule has 1 amide bonds. The van der Waals surface area contributed by atoms with Gasteiger partial charge in [0.25, 0.3) is 0 Å². The van der Waals surface area contributed by atoms with E-state index in [1.807, 2.05) is 4.68 Å². The summed E-state index contributed by atoms with van der Waals surface area (Å²) in [6.45, 7) is 8.55. The highest BCUT2D eigenvalue weighted by Crippen LogP contribution is 2.44. The summed E-state index contributed by atoms with van der Waals surface area (Å²) in [6, 6.07) is 8.55. The van der Waals surface area contributed by atoms with Gasteiger partial charge in [0.15, 0.2) is 0 Å². The van der Waals surface area contributed by atoms with Crippen LogP contribution in [0.5, 0.6) is 0 Å². The number of carbonyl (C=O) groups is 2. The molecule has 1 saturated carbocycles. The third kappa shape index (κ3) is 5.11. The molecule has 2 aromatic rings. The van der Waals surface area contributed by atoms with Crippen molar-refractivity contribution in [1.29, 1.82) is 0 Å². The normalized spacial score (nSPS) is 21.3. The summed E-state index contributed by atoms with van der Waals surface area (Å²) in [4.78, 5) is 24.2. The van der Waals surface area contributed by atoms with Crippen molar-refractivity contribution in [2.24, 2.45) is 5.41 Å². The Balaban J connectivity index is 1.42. The summed E-state index contributed by atoms with van der Waals surface area (Å²) in [5.74, 6) is -0.146. The van der Waals surface area contributed by atoms with Crippen molar-refractivity contribution in [3.05, 3.63) is 58.9 Å². The van der Waals surface area contributed by atoms with E-state index in [-0.39, 0.29) is 29.7 Å². The van der Waals surface area contributed by atoms with E-state index < -0.39 is 5.97 Å². The van der Waals surface area contributed by atoms with Gasteiger partial charge in [0.05, 0.1) is 17.8 Å². The number of aromatic nitrogens is 2. The Morgan fingerprint density at radius 1 is 1.12 bits per heavy atom. The van der Waals surface area contributed by atoms with Gasteiger partial charge in [-0.25, -0.2) is 4.68 Å². The molecule has 1 aromatic heterocycles. The molecule has 34 heavy (non-hydrogen) atoms. The molecule has 182 valence electrons. The molecular weight excluding hydrogens is 426 g/mol. The third-order valence-electron chi connectivity index (χ3n) is 7.68. The van der Waals surface area contributed by atoms with Crippen molar-refractivity contribution in [2.45, 2.75) is 90.5 Å². The first kappa shape index (κ1) is 24.2. The van der Waals surface area contributed by atoms with Crippen molar-refractivity contribution in [1.82, 2.24) is 15.1 Å². The number of allylic oxidation sites excluding steroid dienone is 1. The molecule has 0 radical (unpaired) electrons. The molecule has 1 aromatic carbocycles. The van der Waals surface area contributed by atoms with Crippen molar-refractivity contribution < 1.29 is 14.7 Å². The third-order valence-corrected chi connectivity index (χ3v) is 7.68. The second-order valence-electron chi connectivity index (χ2n) is 10.6. The molecule has 2 aliphatic carbocycles. The van der Waals surface area contributed by atoms with Crippen LogP contribution in [0, 0.1) is 19.3 Å². The number of nitrogens with zero attached hydrogens (tertiary/aromatic N) is 2. The lowest BCUT2D eigenvalue weighted by Crippen LogP contribution is -2.37. The van der Waals surface area contributed by atoms with Crippen molar-refractivity contribution in [3.63, 3.8) is 0 Å². The van der Waals surface area contributed by atoms with Gasteiger partial charge < -0.3 is 10.4 Å². The summed E-state index contributed by atoms with van der Waals surface area (Å²) in [5.41, 5.74) is 5.35. The molecule has 2 atom stereocenters. The van der Waals surface area contributed by atoms with Crippen molar-refractivity contribution in [3.8, 4) is 5.69 Å². The number of rotatable bonds is 8. The van der Waals surface area contributed by atoms with E-state index in [1.165, 1.54) is 11.1 Å². The average molecular weight is 464 g/mol. The van der Waals surface area contributed by atoms with Gasteiger partial charge in [-0.05, 0) is 62.1 Å². The van der Waals surface area contributed by atoms with Gasteiger partial charge in [0.1, 0.15) is 0 Å². The SMILES string of the molecule is Cc1nn(-c2ccc(C(C)C)cc2)c(C)c1[C@@H]1C=C[C@@H](NC(=O)CC2(CC(=O)O)CCCC2)C1. The minimum atomic E-state index is -0.808. The molecule has 1 heterocycles. The number of carboxylic acids is 1. The first-order chi connectivity index (χ1) is 16.2. The van der Waals surface area contributed by atoms with E-state index in [0.717, 1.165) is 49.2 Å². The fraction of sp³-hybridized carbons (Fsp3) is 0.536. The molecule has 1 fully saturated rings. The van der Waals surface area contributed by atoms with Gasteiger partial charge in [0, 0.05) is 29.6 Å².